The van der Waals surface area contributed by atoms with E-state index in [9.17, 15) is 9.59 Å². The van der Waals surface area contributed by atoms with Crippen LogP contribution in [0.3, 0.4) is 0 Å². The topological polar surface area (TPSA) is 102 Å². The van der Waals surface area contributed by atoms with E-state index < -0.39 is 11.4 Å². The number of rotatable bonds is 6. The number of aliphatic hydroxyl groups is 1. The van der Waals surface area contributed by atoms with Gasteiger partial charge in [-0.3, -0.25) is 9.59 Å². The van der Waals surface area contributed by atoms with Gasteiger partial charge in [-0.2, -0.15) is 0 Å². The van der Waals surface area contributed by atoms with Crippen molar-refractivity contribution in [3.63, 3.8) is 0 Å². The Morgan fingerprint density at radius 2 is 1.95 bits per heavy atom. The van der Waals surface area contributed by atoms with E-state index in [-0.39, 0.29) is 19.1 Å². The summed E-state index contributed by atoms with van der Waals surface area (Å²) in [5.74, 6) is -0.313. The number of nitrogens with one attached hydrogen (secondary N) is 1. The number of ether oxygens (including phenoxy) is 1. The lowest BCUT2D eigenvalue weighted by molar-refractivity contribution is -0.119. The van der Waals surface area contributed by atoms with Crippen molar-refractivity contribution in [3.8, 4) is 5.75 Å². The summed E-state index contributed by atoms with van der Waals surface area (Å²) < 4.78 is 5.09. The number of hydrogen-bond donors (Lipinski definition) is 3. The molecule has 1 fully saturated rings. The van der Waals surface area contributed by atoms with Gasteiger partial charge in [0.1, 0.15) is 5.75 Å². The Balaban J connectivity index is 1.94. The maximum atomic E-state index is 11.9. The average Bonchev–Trinajstić information content (AvgIpc) is 3.17. The van der Waals surface area contributed by atoms with Crippen LogP contribution < -0.4 is 15.8 Å². The number of hydrogen-bond acceptors (Lipinski definition) is 4. The number of primary amides is 1. The molecule has 2 amide bonds. The molecular formula is C13H16N2O4. The van der Waals surface area contributed by atoms with Crippen molar-refractivity contribution >= 4 is 11.8 Å². The average molecular weight is 264 g/mol. The predicted molar refractivity (Wildman–Crippen MR) is 67.6 cm³/mol. The first-order valence-electron chi connectivity index (χ1n) is 5.99. The van der Waals surface area contributed by atoms with E-state index in [1.165, 1.54) is 0 Å². The van der Waals surface area contributed by atoms with Gasteiger partial charge in [-0.05, 0) is 37.1 Å². The second-order valence-corrected chi connectivity index (χ2v) is 4.67. The van der Waals surface area contributed by atoms with Gasteiger partial charge in [-0.1, -0.05) is 0 Å². The third-order valence-corrected chi connectivity index (χ3v) is 3.03. The van der Waals surface area contributed by atoms with Gasteiger partial charge in [0.25, 0.3) is 11.8 Å². The number of carbonyl (C=O) groups is 2. The lowest BCUT2D eigenvalue weighted by atomic mass is 10.2. The molecule has 0 bridgehead atoms. The van der Waals surface area contributed by atoms with Gasteiger partial charge < -0.3 is 20.9 Å². The highest BCUT2D eigenvalue weighted by atomic mass is 16.5. The molecule has 6 nitrogen and oxygen atoms in total. The highest BCUT2D eigenvalue weighted by Crippen LogP contribution is 2.34. The summed E-state index contributed by atoms with van der Waals surface area (Å²) in [6.07, 6.45) is 1.60. The molecule has 0 unspecified atom stereocenters. The van der Waals surface area contributed by atoms with Gasteiger partial charge in [0.2, 0.25) is 0 Å². The fourth-order valence-electron chi connectivity index (χ4n) is 1.64. The first kappa shape index (κ1) is 13.4. The summed E-state index contributed by atoms with van der Waals surface area (Å²) in [5.41, 5.74) is 5.00. The summed E-state index contributed by atoms with van der Waals surface area (Å²) in [4.78, 5) is 22.5. The van der Waals surface area contributed by atoms with Crippen LogP contribution in [0.15, 0.2) is 24.3 Å². The quantitative estimate of drug-likeness (QED) is 0.662. The molecule has 1 aliphatic carbocycles. The second kappa shape index (κ2) is 5.27. The number of nitrogens with two attached hydrogens (primary N) is 1. The maximum absolute atomic E-state index is 11.9. The van der Waals surface area contributed by atoms with Gasteiger partial charge in [-0.25, -0.2) is 0 Å². The maximum Gasteiger partial charge on any atom is 0.255 e. The monoisotopic (exact) mass is 264 g/mol. The van der Waals surface area contributed by atoms with Crippen LogP contribution in [0.2, 0.25) is 0 Å². The predicted octanol–water partition coefficient (Wildman–Crippen LogP) is -0.195. The lowest BCUT2D eigenvalue weighted by Crippen LogP contribution is -2.39. The molecule has 0 saturated heterocycles. The van der Waals surface area contributed by atoms with Gasteiger partial charge >= 0.3 is 0 Å². The molecule has 1 aromatic carbocycles. The summed E-state index contributed by atoms with van der Waals surface area (Å²) in [5, 5.41) is 11.9. The summed E-state index contributed by atoms with van der Waals surface area (Å²) in [6, 6.07) is 6.38. The number of amides is 2. The highest BCUT2D eigenvalue weighted by Gasteiger charge is 2.43. The molecule has 0 spiro atoms. The third kappa shape index (κ3) is 3.45. The minimum absolute atomic E-state index is 0.0431. The zero-order chi connectivity index (χ0) is 13.9. The fourth-order valence-corrected chi connectivity index (χ4v) is 1.64. The van der Waals surface area contributed by atoms with Gasteiger partial charge in [-0.15, -0.1) is 0 Å². The molecule has 0 aromatic heterocycles. The van der Waals surface area contributed by atoms with Crippen molar-refractivity contribution in [3.05, 3.63) is 29.8 Å². The zero-order valence-electron chi connectivity index (χ0n) is 10.4. The van der Waals surface area contributed by atoms with E-state index in [2.05, 4.69) is 5.32 Å². The fraction of sp³-hybridized carbons (Fsp3) is 0.385. The van der Waals surface area contributed by atoms with Gasteiger partial charge in [0.05, 0.1) is 12.1 Å². The van der Waals surface area contributed by atoms with Crippen LogP contribution in [0, 0.1) is 0 Å². The first-order chi connectivity index (χ1) is 9.04. The second-order valence-electron chi connectivity index (χ2n) is 4.67. The van der Waals surface area contributed by atoms with E-state index in [0.717, 1.165) is 12.8 Å². The standard InChI is InChI=1S/C13H16N2O4/c14-11(17)7-19-10-3-1-9(2-4-10)12(18)15-13(8-16)5-6-13/h1-4,16H,5-8H2,(H2,14,17)(H,15,18). The molecule has 4 N–H and O–H groups in total. The van der Waals surface area contributed by atoms with Crippen molar-refractivity contribution in [2.75, 3.05) is 13.2 Å². The Hall–Kier alpha value is -2.08. The van der Waals surface area contributed by atoms with Gasteiger partial charge in [0, 0.05) is 5.56 Å². The molecule has 0 heterocycles. The molecule has 0 atom stereocenters. The van der Waals surface area contributed by atoms with Crippen LogP contribution in [0.1, 0.15) is 23.2 Å². The molecule has 1 aliphatic rings. The first-order valence-corrected chi connectivity index (χ1v) is 5.99. The van der Waals surface area contributed by atoms with E-state index in [4.69, 9.17) is 15.6 Å². The molecule has 1 saturated carbocycles. The number of aliphatic hydroxyl groups excluding tert-OH is 1. The molecule has 1 aromatic rings. The summed E-state index contributed by atoms with van der Waals surface area (Å²) >= 11 is 0. The Kier molecular flexibility index (Phi) is 3.71. The summed E-state index contributed by atoms with van der Waals surface area (Å²) in [7, 11) is 0. The smallest absolute Gasteiger partial charge is 0.255 e. The van der Waals surface area contributed by atoms with Crippen molar-refractivity contribution in [2.45, 2.75) is 18.4 Å². The van der Waals surface area contributed by atoms with Gasteiger partial charge in [0.15, 0.2) is 6.61 Å². The van der Waals surface area contributed by atoms with E-state index >= 15 is 0 Å². The molecule has 6 heteroatoms. The summed E-state index contributed by atoms with van der Waals surface area (Å²) in [6.45, 7) is -0.238. The molecule has 102 valence electrons. The molecular weight excluding hydrogens is 248 g/mol. The Bertz CT molecular complexity index is 480. The molecule has 19 heavy (non-hydrogen) atoms. The SMILES string of the molecule is NC(=O)COc1ccc(C(=O)NC2(CO)CC2)cc1. The van der Waals surface area contributed by atoms with E-state index in [1.807, 2.05) is 0 Å². The molecule has 0 radical (unpaired) electrons. The third-order valence-electron chi connectivity index (χ3n) is 3.03. The minimum atomic E-state index is -0.555. The van der Waals surface area contributed by atoms with Crippen molar-refractivity contribution in [1.29, 1.82) is 0 Å². The van der Waals surface area contributed by atoms with Crippen molar-refractivity contribution in [2.24, 2.45) is 5.73 Å². The van der Waals surface area contributed by atoms with Crippen LogP contribution in [0.4, 0.5) is 0 Å². The lowest BCUT2D eigenvalue weighted by Gasteiger charge is -2.14. The van der Waals surface area contributed by atoms with Crippen LogP contribution in [-0.2, 0) is 4.79 Å². The zero-order valence-corrected chi connectivity index (χ0v) is 10.4. The van der Waals surface area contributed by atoms with E-state index in [1.54, 1.807) is 24.3 Å². The van der Waals surface area contributed by atoms with Crippen LogP contribution in [-0.4, -0.2) is 35.7 Å². The molecule has 2 rings (SSSR count). The highest BCUT2D eigenvalue weighted by molar-refractivity contribution is 5.95. The number of benzene rings is 1. The Morgan fingerprint density at radius 3 is 2.42 bits per heavy atom. The Labute approximate surface area is 110 Å². The van der Waals surface area contributed by atoms with Crippen molar-refractivity contribution < 1.29 is 19.4 Å². The number of carbonyl (C=O) groups excluding carboxylic acids is 2. The largest absolute Gasteiger partial charge is 0.484 e. The molecule has 0 aliphatic heterocycles. The minimum Gasteiger partial charge on any atom is -0.484 e. The van der Waals surface area contributed by atoms with Crippen LogP contribution >= 0.6 is 0 Å². The van der Waals surface area contributed by atoms with E-state index in [0.29, 0.717) is 11.3 Å². The van der Waals surface area contributed by atoms with Crippen LogP contribution in [0.25, 0.3) is 0 Å². The Morgan fingerprint density at radius 1 is 1.32 bits per heavy atom. The van der Waals surface area contributed by atoms with Crippen LogP contribution in [0.5, 0.6) is 5.75 Å². The normalized spacial score (nSPS) is 15.6. The van der Waals surface area contributed by atoms with Crippen molar-refractivity contribution in [1.82, 2.24) is 5.32 Å².